The van der Waals surface area contributed by atoms with Crippen molar-refractivity contribution in [1.82, 2.24) is 5.32 Å². The van der Waals surface area contributed by atoms with Crippen molar-refractivity contribution in [2.75, 3.05) is 11.9 Å². The molecule has 0 aliphatic heterocycles. The Bertz CT molecular complexity index is 504. The molecule has 5 nitrogen and oxygen atoms in total. The van der Waals surface area contributed by atoms with Crippen LogP contribution in [0.2, 0.25) is 10.0 Å². The maximum Gasteiger partial charge on any atom is 0.319 e. The van der Waals surface area contributed by atoms with Crippen LogP contribution in [0, 0.1) is 5.41 Å². The van der Waals surface area contributed by atoms with Crippen molar-refractivity contribution in [3.8, 4) is 0 Å². The van der Waals surface area contributed by atoms with Gasteiger partial charge in [-0.05, 0) is 32.0 Å². The highest BCUT2D eigenvalue weighted by molar-refractivity contribution is 6.35. The Hall–Kier alpha value is -1.46. The van der Waals surface area contributed by atoms with Crippen LogP contribution in [-0.4, -0.2) is 18.5 Å². The van der Waals surface area contributed by atoms with Crippen molar-refractivity contribution in [1.29, 1.82) is 0 Å². The maximum absolute atomic E-state index is 11.7. The standard InChI is InChI=1S/C12H15Cl2N3O2/c1-12(2,10(15)18)6-16-11(19)17-9-5-7(13)3-4-8(9)14/h3-5H,6H2,1-2H3,(H2,15,18)(H2,16,17,19). The van der Waals surface area contributed by atoms with Gasteiger partial charge >= 0.3 is 6.03 Å². The Labute approximate surface area is 121 Å². The fourth-order valence-electron chi connectivity index (χ4n) is 1.15. The Kier molecular flexibility index (Phi) is 5.03. The van der Waals surface area contributed by atoms with Gasteiger partial charge in [-0.1, -0.05) is 23.2 Å². The molecular weight excluding hydrogens is 289 g/mol. The van der Waals surface area contributed by atoms with Crippen molar-refractivity contribution >= 4 is 40.8 Å². The minimum atomic E-state index is -0.824. The predicted octanol–water partition coefficient (Wildman–Crippen LogP) is 2.63. The van der Waals surface area contributed by atoms with Gasteiger partial charge in [0.2, 0.25) is 5.91 Å². The molecule has 0 aliphatic rings. The molecule has 104 valence electrons. The molecule has 3 amide bonds. The van der Waals surface area contributed by atoms with Crippen LogP contribution in [0.1, 0.15) is 13.8 Å². The summed E-state index contributed by atoms with van der Waals surface area (Å²) in [5.41, 5.74) is 4.77. The number of benzene rings is 1. The van der Waals surface area contributed by atoms with Gasteiger partial charge in [-0.15, -0.1) is 0 Å². The molecule has 0 radical (unpaired) electrons. The summed E-state index contributed by atoms with van der Waals surface area (Å²) in [5, 5.41) is 5.92. The van der Waals surface area contributed by atoms with E-state index in [1.807, 2.05) is 0 Å². The quantitative estimate of drug-likeness (QED) is 0.799. The van der Waals surface area contributed by atoms with E-state index in [1.54, 1.807) is 26.0 Å². The van der Waals surface area contributed by atoms with Crippen molar-refractivity contribution < 1.29 is 9.59 Å². The van der Waals surface area contributed by atoms with Crippen molar-refractivity contribution in [3.05, 3.63) is 28.2 Å². The molecule has 7 heteroatoms. The minimum Gasteiger partial charge on any atom is -0.369 e. The number of amides is 3. The number of halogens is 2. The SMILES string of the molecule is CC(C)(CNC(=O)Nc1cc(Cl)ccc1Cl)C(N)=O. The van der Waals surface area contributed by atoms with E-state index in [0.717, 1.165) is 0 Å². The second kappa shape index (κ2) is 6.12. The van der Waals surface area contributed by atoms with Gasteiger partial charge in [-0.3, -0.25) is 4.79 Å². The van der Waals surface area contributed by atoms with Crippen LogP contribution in [0.4, 0.5) is 10.5 Å². The van der Waals surface area contributed by atoms with Crippen LogP contribution < -0.4 is 16.4 Å². The summed E-state index contributed by atoms with van der Waals surface area (Å²) < 4.78 is 0. The number of urea groups is 1. The second-order valence-electron chi connectivity index (χ2n) is 4.68. The summed E-state index contributed by atoms with van der Waals surface area (Å²) in [4.78, 5) is 22.8. The molecular formula is C12H15Cl2N3O2. The third-order valence-electron chi connectivity index (χ3n) is 2.53. The number of hydrogen-bond donors (Lipinski definition) is 3. The number of carbonyl (C=O) groups is 2. The average Bonchev–Trinajstić information content (AvgIpc) is 2.31. The normalized spacial score (nSPS) is 10.9. The van der Waals surface area contributed by atoms with Gasteiger partial charge < -0.3 is 16.4 Å². The molecule has 1 aromatic carbocycles. The number of rotatable bonds is 4. The lowest BCUT2D eigenvalue weighted by Gasteiger charge is -2.20. The lowest BCUT2D eigenvalue weighted by Crippen LogP contribution is -2.43. The Morgan fingerprint density at radius 3 is 2.53 bits per heavy atom. The van der Waals surface area contributed by atoms with E-state index < -0.39 is 17.4 Å². The molecule has 0 saturated heterocycles. The number of primary amides is 1. The van der Waals surface area contributed by atoms with Crippen LogP contribution in [0.5, 0.6) is 0 Å². The lowest BCUT2D eigenvalue weighted by molar-refractivity contribution is -0.125. The molecule has 0 heterocycles. The molecule has 0 aliphatic carbocycles. The minimum absolute atomic E-state index is 0.117. The lowest BCUT2D eigenvalue weighted by atomic mass is 9.93. The van der Waals surface area contributed by atoms with Crippen LogP contribution in [0.3, 0.4) is 0 Å². The van der Waals surface area contributed by atoms with E-state index in [1.165, 1.54) is 6.07 Å². The van der Waals surface area contributed by atoms with E-state index in [-0.39, 0.29) is 6.54 Å². The van der Waals surface area contributed by atoms with Crippen LogP contribution in [0.25, 0.3) is 0 Å². The molecule has 0 unspecified atom stereocenters. The summed E-state index contributed by atoms with van der Waals surface area (Å²) in [6.45, 7) is 3.40. The molecule has 4 N–H and O–H groups in total. The van der Waals surface area contributed by atoms with Crippen LogP contribution >= 0.6 is 23.2 Å². The van der Waals surface area contributed by atoms with E-state index in [2.05, 4.69) is 10.6 Å². The largest absolute Gasteiger partial charge is 0.369 e. The van der Waals surface area contributed by atoms with Gasteiger partial charge in [0.1, 0.15) is 0 Å². The molecule has 0 spiro atoms. The van der Waals surface area contributed by atoms with Crippen LogP contribution in [-0.2, 0) is 4.79 Å². The topological polar surface area (TPSA) is 84.2 Å². The zero-order chi connectivity index (χ0) is 14.6. The fraction of sp³-hybridized carbons (Fsp3) is 0.333. The molecule has 0 bridgehead atoms. The zero-order valence-electron chi connectivity index (χ0n) is 10.6. The van der Waals surface area contributed by atoms with Crippen molar-refractivity contribution in [3.63, 3.8) is 0 Å². The Morgan fingerprint density at radius 2 is 1.95 bits per heavy atom. The van der Waals surface area contributed by atoms with Gasteiger partial charge in [0.05, 0.1) is 16.1 Å². The summed E-state index contributed by atoms with van der Waals surface area (Å²) in [6.07, 6.45) is 0. The molecule has 19 heavy (non-hydrogen) atoms. The highest BCUT2D eigenvalue weighted by Gasteiger charge is 2.25. The summed E-state index contributed by atoms with van der Waals surface area (Å²) in [5.74, 6) is -0.492. The van der Waals surface area contributed by atoms with Crippen LogP contribution in [0.15, 0.2) is 18.2 Å². The third kappa shape index (κ3) is 4.61. The van der Waals surface area contributed by atoms with E-state index >= 15 is 0 Å². The molecule has 0 saturated carbocycles. The Balaban J connectivity index is 2.61. The molecule has 1 aromatic rings. The van der Waals surface area contributed by atoms with E-state index in [9.17, 15) is 9.59 Å². The molecule has 0 atom stereocenters. The number of hydrogen-bond acceptors (Lipinski definition) is 2. The van der Waals surface area contributed by atoms with Gasteiger partial charge in [0.15, 0.2) is 0 Å². The highest BCUT2D eigenvalue weighted by Crippen LogP contribution is 2.25. The first-order chi connectivity index (χ1) is 8.72. The first-order valence-electron chi connectivity index (χ1n) is 5.52. The first-order valence-corrected chi connectivity index (χ1v) is 6.28. The van der Waals surface area contributed by atoms with Gasteiger partial charge in [0, 0.05) is 11.6 Å². The van der Waals surface area contributed by atoms with Crippen molar-refractivity contribution in [2.24, 2.45) is 11.1 Å². The van der Waals surface area contributed by atoms with E-state index in [4.69, 9.17) is 28.9 Å². The highest BCUT2D eigenvalue weighted by atomic mass is 35.5. The predicted molar refractivity (Wildman–Crippen MR) is 76.5 cm³/mol. The van der Waals surface area contributed by atoms with Gasteiger partial charge in [-0.2, -0.15) is 0 Å². The molecule has 1 rings (SSSR count). The number of anilines is 1. The first kappa shape index (κ1) is 15.6. The second-order valence-corrected chi connectivity index (χ2v) is 5.52. The molecule has 0 fully saturated rings. The molecule has 0 aromatic heterocycles. The zero-order valence-corrected chi connectivity index (χ0v) is 12.1. The third-order valence-corrected chi connectivity index (χ3v) is 3.10. The number of nitrogens with two attached hydrogens (primary N) is 1. The summed E-state index contributed by atoms with van der Waals surface area (Å²) >= 11 is 11.7. The maximum atomic E-state index is 11.7. The summed E-state index contributed by atoms with van der Waals surface area (Å²) in [6, 6.07) is 4.23. The van der Waals surface area contributed by atoms with Crippen molar-refractivity contribution in [2.45, 2.75) is 13.8 Å². The summed E-state index contributed by atoms with van der Waals surface area (Å²) in [7, 11) is 0. The number of carbonyl (C=O) groups excluding carboxylic acids is 2. The average molecular weight is 304 g/mol. The fourth-order valence-corrected chi connectivity index (χ4v) is 1.49. The monoisotopic (exact) mass is 303 g/mol. The number of nitrogens with one attached hydrogen (secondary N) is 2. The van der Waals surface area contributed by atoms with Gasteiger partial charge in [-0.25, -0.2) is 4.79 Å². The smallest absolute Gasteiger partial charge is 0.319 e. The Morgan fingerprint density at radius 1 is 1.32 bits per heavy atom. The van der Waals surface area contributed by atoms with Gasteiger partial charge in [0.25, 0.3) is 0 Å². The van der Waals surface area contributed by atoms with E-state index in [0.29, 0.717) is 15.7 Å².